The smallest absolute Gasteiger partial charge is 0.0948 e. The van der Waals surface area contributed by atoms with Crippen molar-refractivity contribution in [3.8, 4) is 0 Å². The van der Waals surface area contributed by atoms with Crippen LogP contribution in [-0.4, -0.2) is 27.3 Å². The Morgan fingerprint density at radius 3 is 3.00 bits per heavy atom. The first kappa shape index (κ1) is 12.2. The van der Waals surface area contributed by atoms with E-state index < -0.39 is 0 Å². The molecule has 4 heteroatoms. The molecule has 0 fully saturated rings. The second-order valence-corrected chi connectivity index (χ2v) is 3.77. The van der Waals surface area contributed by atoms with E-state index in [0.29, 0.717) is 6.54 Å². The molecule has 1 aromatic heterocycles. The average Bonchev–Trinajstić information content (AvgIpc) is 2.66. The van der Waals surface area contributed by atoms with Gasteiger partial charge in [0.25, 0.3) is 0 Å². The summed E-state index contributed by atoms with van der Waals surface area (Å²) in [5.74, 6) is 0. The lowest BCUT2D eigenvalue weighted by atomic mass is 10.3. The highest BCUT2D eigenvalue weighted by atomic mass is 16.3. The molecule has 0 aliphatic carbocycles. The van der Waals surface area contributed by atoms with Gasteiger partial charge in [-0.15, -0.1) is 0 Å². The van der Waals surface area contributed by atoms with Crippen LogP contribution in [0.3, 0.4) is 0 Å². The van der Waals surface area contributed by atoms with E-state index in [4.69, 9.17) is 0 Å². The number of aliphatic hydroxyl groups excluding tert-OH is 1. The highest BCUT2D eigenvalue weighted by molar-refractivity contribution is 4.97. The minimum absolute atomic E-state index is 0.243. The number of nitrogens with zero attached hydrogens (tertiary/aromatic N) is 2. The van der Waals surface area contributed by atoms with Crippen molar-refractivity contribution in [3.63, 3.8) is 0 Å². The number of rotatable bonds is 7. The van der Waals surface area contributed by atoms with Crippen LogP contribution in [0.2, 0.25) is 0 Å². The molecule has 1 heterocycles. The van der Waals surface area contributed by atoms with Gasteiger partial charge in [0, 0.05) is 25.8 Å². The SMILES string of the molecule is CCCn1cncc1CNCC(O)CC. The van der Waals surface area contributed by atoms with E-state index in [1.54, 1.807) is 0 Å². The molecule has 0 saturated heterocycles. The molecule has 4 nitrogen and oxygen atoms in total. The number of imidazole rings is 1. The third kappa shape index (κ3) is 4.01. The van der Waals surface area contributed by atoms with E-state index in [2.05, 4.69) is 21.8 Å². The summed E-state index contributed by atoms with van der Waals surface area (Å²) < 4.78 is 2.14. The maximum atomic E-state index is 9.37. The molecule has 0 aliphatic heterocycles. The molecule has 0 saturated carbocycles. The maximum absolute atomic E-state index is 9.37. The van der Waals surface area contributed by atoms with Crippen molar-refractivity contribution in [3.05, 3.63) is 18.2 Å². The highest BCUT2D eigenvalue weighted by Crippen LogP contribution is 2.00. The van der Waals surface area contributed by atoms with Gasteiger partial charge in [0.1, 0.15) is 0 Å². The summed E-state index contributed by atoms with van der Waals surface area (Å²) in [6.07, 6.45) is 5.40. The normalized spacial score (nSPS) is 13.0. The number of nitrogens with one attached hydrogen (secondary N) is 1. The molecule has 0 radical (unpaired) electrons. The lowest BCUT2D eigenvalue weighted by molar-refractivity contribution is 0.167. The zero-order valence-electron chi connectivity index (χ0n) is 9.61. The highest BCUT2D eigenvalue weighted by Gasteiger charge is 2.03. The van der Waals surface area contributed by atoms with Crippen LogP contribution in [0.25, 0.3) is 0 Å². The van der Waals surface area contributed by atoms with Crippen molar-refractivity contribution in [1.82, 2.24) is 14.9 Å². The molecular formula is C11H21N3O. The Bertz CT molecular complexity index is 273. The van der Waals surface area contributed by atoms with Crippen molar-refractivity contribution in [1.29, 1.82) is 0 Å². The molecule has 1 rings (SSSR count). The molecule has 0 amide bonds. The Balaban J connectivity index is 2.33. The topological polar surface area (TPSA) is 50.1 Å². The van der Waals surface area contributed by atoms with E-state index >= 15 is 0 Å². The predicted molar refractivity (Wildman–Crippen MR) is 60.5 cm³/mol. The molecule has 15 heavy (non-hydrogen) atoms. The summed E-state index contributed by atoms with van der Waals surface area (Å²) in [6.45, 7) is 6.56. The second kappa shape index (κ2) is 6.58. The fourth-order valence-corrected chi connectivity index (χ4v) is 1.45. The van der Waals surface area contributed by atoms with Crippen LogP contribution in [0.4, 0.5) is 0 Å². The van der Waals surface area contributed by atoms with Crippen LogP contribution in [0.5, 0.6) is 0 Å². The quantitative estimate of drug-likeness (QED) is 0.711. The fraction of sp³-hybridized carbons (Fsp3) is 0.727. The molecule has 0 bridgehead atoms. The third-order valence-corrected chi connectivity index (χ3v) is 2.42. The standard InChI is InChI=1S/C11H21N3O/c1-3-5-14-9-13-7-10(14)6-12-8-11(15)4-2/h7,9,11-12,15H,3-6,8H2,1-2H3. The van der Waals surface area contributed by atoms with Gasteiger partial charge in [-0.3, -0.25) is 0 Å². The van der Waals surface area contributed by atoms with E-state index in [1.807, 2.05) is 19.4 Å². The van der Waals surface area contributed by atoms with Gasteiger partial charge in [-0.1, -0.05) is 13.8 Å². The van der Waals surface area contributed by atoms with Gasteiger partial charge in [-0.2, -0.15) is 0 Å². The van der Waals surface area contributed by atoms with Gasteiger partial charge < -0.3 is 15.0 Å². The van der Waals surface area contributed by atoms with Crippen LogP contribution < -0.4 is 5.32 Å². The summed E-state index contributed by atoms with van der Waals surface area (Å²) >= 11 is 0. The van der Waals surface area contributed by atoms with E-state index in [1.165, 1.54) is 5.69 Å². The second-order valence-electron chi connectivity index (χ2n) is 3.77. The lowest BCUT2D eigenvalue weighted by Crippen LogP contribution is -2.26. The van der Waals surface area contributed by atoms with Crippen LogP contribution >= 0.6 is 0 Å². The van der Waals surface area contributed by atoms with Crippen LogP contribution in [0, 0.1) is 0 Å². The van der Waals surface area contributed by atoms with E-state index in [-0.39, 0.29) is 6.10 Å². The summed E-state index contributed by atoms with van der Waals surface area (Å²) in [4.78, 5) is 4.12. The summed E-state index contributed by atoms with van der Waals surface area (Å²) in [5.41, 5.74) is 1.18. The number of aryl methyl sites for hydroxylation is 1. The van der Waals surface area contributed by atoms with Crippen molar-refractivity contribution in [2.75, 3.05) is 6.54 Å². The molecular weight excluding hydrogens is 190 g/mol. The Labute approximate surface area is 91.3 Å². The zero-order valence-corrected chi connectivity index (χ0v) is 9.61. The lowest BCUT2D eigenvalue weighted by Gasteiger charge is -2.10. The first-order valence-corrected chi connectivity index (χ1v) is 5.65. The van der Waals surface area contributed by atoms with Crippen molar-refractivity contribution < 1.29 is 5.11 Å². The van der Waals surface area contributed by atoms with Crippen molar-refractivity contribution in [2.24, 2.45) is 0 Å². The number of hydrogen-bond acceptors (Lipinski definition) is 3. The third-order valence-electron chi connectivity index (χ3n) is 2.42. The van der Waals surface area contributed by atoms with Gasteiger partial charge in [0.2, 0.25) is 0 Å². The van der Waals surface area contributed by atoms with Gasteiger partial charge in [0.15, 0.2) is 0 Å². The maximum Gasteiger partial charge on any atom is 0.0948 e. The predicted octanol–water partition coefficient (Wildman–Crippen LogP) is 1.15. The molecule has 86 valence electrons. The number of aromatic nitrogens is 2. The van der Waals surface area contributed by atoms with Crippen LogP contribution in [0.15, 0.2) is 12.5 Å². The zero-order chi connectivity index (χ0) is 11.1. The van der Waals surface area contributed by atoms with E-state index in [0.717, 1.165) is 25.9 Å². The van der Waals surface area contributed by atoms with Gasteiger partial charge in [-0.25, -0.2) is 4.98 Å². The van der Waals surface area contributed by atoms with E-state index in [9.17, 15) is 5.11 Å². The molecule has 1 atom stereocenters. The first-order valence-electron chi connectivity index (χ1n) is 5.65. The molecule has 1 unspecified atom stereocenters. The first-order chi connectivity index (χ1) is 7.27. The van der Waals surface area contributed by atoms with Gasteiger partial charge in [-0.05, 0) is 12.8 Å². The summed E-state index contributed by atoms with van der Waals surface area (Å²) in [7, 11) is 0. The molecule has 0 aromatic carbocycles. The monoisotopic (exact) mass is 211 g/mol. The minimum atomic E-state index is -0.243. The van der Waals surface area contributed by atoms with Crippen LogP contribution in [-0.2, 0) is 13.1 Å². The summed E-state index contributed by atoms with van der Waals surface area (Å²) in [6, 6.07) is 0. The number of hydrogen-bond donors (Lipinski definition) is 2. The molecule has 0 aliphatic rings. The Kier molecular flexibility index (Phi) is 5.36. The largest absolute Gasteiger partial charge is 0.392 e. The average molecular weight is 211 g/mol. The van der Waals surface area contributed by atoms with Crippen molar-refractivity contribution in [2.45, 2.75) is 45.9 Å². The van der Waals surface area contributed by atoms with Gasteiger partial charge >= 0.3 is 0 Å². The van der Waals surface area contributed by atoms with Gasteiger partial charge in [0.05, 0.1) is 18.1 Å². The Hall–Kier alpha value is -0.870. The molecule has 0 spiro atoms. The molecule has 2 N–H and O–H groups in total. The summed E-state index contributed by atoms with van der Waals surface area (Å²) in [5, 5.41) is 12.6. The fourth-order valence-electron chi connectivity index (χ4n) is 1.45. The van der Waals surface area contributed by atoms with Crippen LogP contribution in [0.1, 0.15) is 32.4 Å². The number of aliphatic hydroxyl groups is 1. The van der Waals surface area contributed by atoms with Crippen molar-refractivity contribution >= 4 is 0 Å². The minimum Gasteiger partial charge on any atom is -0.392 e. The molecule has 1 aromatic rings. The Morgan fingerprint density at radius 1 is 1.53 bits per heavy atom. The Morgan fingerprint density at radius 2 is 2.33 bits per heavy atom.